The third-order valence-corrected chi connectivity index (χ3v) is 4.83. The van der Waals surface area contributed by atoms with Crippen molar-refractivity contribution in [1.82, 2.24) is 0 Å². The van der Waals surface area contributed by atoms with Gasteiger partial charge >= 0.3 is 0 Å². The number of hydrogen-bond donors (Lipinski definition) is 0. The van der Waals surface area contributed by atoms with E-state index in [-0.39, 0.29) is 11.7 Å². The molecule has 0 aliphatic heterocycles. The molecule has 0 spiro atoms. The Hall–Kier alpha value is -1.61. The quantitative estimate of drug-likeness (QED) is 0.850. The zero-order chi connectivity index (χ0) is 13.9. The normalized spacial score (nSPS) is 11.7. The van der Waals surface area contributed by atoms with Crippen molar-refractivity contribution >= 4 is 9.84 Å². The lowest BCUT2D eigenvalue weighted by atomic mass is 10.0. The van der Waals surface area contributed by atoms with Crippen LogP contribution < -0.4 is 0 Å². The van der Waals surface area contributed by atoms with Crippen LogP contribution >= 0.6 is 0 Å². The van der Waals surface area contributed by atoms with Crippen LogP contribution in [0.3, 0.4) is 0 Å². The average Bonchev–Trinajstić information content (AvgIpc) is 2.39. The van der Waals surface area contributed by atoms with Crippen molar-refractivity contribution in [2.24, 2.45) is 0 Å². The minimum Gasteiger partial charge on any atom is -0.223 e. The first-order chi connectivity index (χ1) is 9.00. The zero-order valence-corrected chi connectivity index (χ0v) is 12.0. The monoisotopic (exact) mass is 274 g/mol. The Labute approximate surface area is 115 Å². The Kier molecular flexibility index (Phi) is 4.05. The largest absolute Gasteiger partial charge is 0.223 e. The summed E-state index contributed by atoms with van der Waals surface area (Å²) in [6.45, 7) is 4.02. The fourth-order valence-electron chi connectivity index (χ4n) is 2.11. The Morgan fingerprint density at radius 3 is 2.11 bits per heavy atom. The summed E-state index contributed by atoms with van der Waals surface area (Å²) in [7, 11) is -3.29. The van der Waals surface area contributed by atoms with E-state index in [1.807, 2.05) is 56.3 Å². The first-order valence-corrected chi connectivity index (χ1v) is 8.01. The van der Waals surface area contributed by atoms with Gasteiger partial charge < -0.3 is 0 Å². The summed E-state index contributed by atoms with van der Waals surface area (Å²) in [5.74, 6) is 0.249. The van der Waals surface area contributed by atoms with Gasteiger partial charge in [0.05, 0.1) is 10.6 Å². The summed E-state index contributed by atoms with van der Waals surface area (Å²) >= 11 is 0. The van der Waals surface area contributed by atoms with Crippen LogP contribution in [0.15, 0.2) is 59.5 Å². The highest BCUT2D eigenvalue weighted by Gasteiger charge is 2.20. The van der Waals surface area contributed by atoms with Crippen molar-refractivity contribution in [3.05, 3.63) is 65.7 Å². The standard InChI is InChI=1S/C16H18O2S/c1-13(2)15-10-6-7-11-16(15)19(17,18)12-14-8-4-3-5-9-14/h3-11,13H,12H2,1-2H3. The third kappa shape index (κ3) is 3.24. The van der Waals surface area contributed by atoms with E-state index in [2.05, 4.69) is 0 Å². The molecular formula is C16H18O2S. The topological polar surface area (TPSA) is 34.1 Å². The van der Waals surface area contributed by atoms with E-state index in [1.165, 1.54) is 0 Å². The molecule has 19 heavy (non-hydrogen) atoms. The Bertz CT molecular complexity index is 643. The van der Waals surface area contributed by atoms with Crippen LogP contribution in [0.1, 0.15) is 30.9 Å². The molecule has 0 radical (unpaired) electrons. The van der Waals surface area contributed by atoms with Crippen molar-refractivity contribution < 1.29 is 8.42 Å². The van der Waals surface area contributed by atoms with Gasteiger partial charge in [-0.25, -0.2) is 8.42 Å². The smallest absolute Gasteiger partial charge is 0.182 e. The highest BCUT2D eigenvalue weighted by atomic mass is 32.2. The van der Waals surface area contributed by atoms with Crippen molar-refractivity contribution in [3.63, 3.8) is 0 Å². The van der Waals surface area contributed by atoms with Crippen LogP contribution in [-0.4, -0.2) is 8.42 Å². The molecule has 100 valence electrons. The van der Waals surface area contributed by atoms with Gasteiger partial charge in [-0.1, -0.05) is 62.4 Å². The highest BCUT2D eigenvalue weighted by Crippen LogP contribution is 2.26. The van der Waals surface area contributed by atoms with Crippen LogP contribution in [0.5, 0.6) is 0 Å². The van der Waals surface area contributed by atoms with Gasteiger partial charge in [0.1, 0.15) is 0 Å². The molecule has 0 saturated heterocycles. The molecule has 0 N–H and O–H groups in total. The van der Waals surface area contributed by atoms with Gasteiger partial charge in [-0.3, -0.25) is 0 Å². The summed E-state index contributed by atoms with van der Waals surface area (Å²) in [6.07, 6.45) is 0. The van der Waals surface area contributed by atoms with Gasteiger partial charge in [-0.2, -0.15) is 0 Å². The Morgan fingerprint density at radius 2 is 1.47 bits per heavy atom. The van der Waals surface area contributed by atoms with Gasteiger partial charge in [0, 0.05) is 0 Å². The van der Waals surface area contributed by atoms with Gasteiger partial charge in [-0.15, -0.1) is 0 Å². The van der Waals surface area contributed by atoms with E-state index < -0.39 is 9.84 Å². The summed E-state index contributed by atoms with van der Waals surface area (Å²) in [5.41, 5.74) is 1.71. The summed E-state index contributed by atoms with van der Waals surface area (Å²) in [6, 6.07) is 16.6. The van der Waals surface area contributed by atoms with Crippen LogP contribution in [0.4, 0.5) is 0 Å². The average molecular weight is 274 g/mol. The predicted molar refractivity (Wildman–Crippen MR) is 77.9 cm³/mol. The summed E-state index contributed by atoms with van der Waals surface area (Å²) < 4.78 is 25.1. The molecule has 0 saturated carbocycles. The molecule has 0 fully saturated rings. The minimum absolute atomic E-state index is 0.0531. The number of rotatable bonds is 4. The molecule has 0 aliphatic carbocycles. The van der Waals surface area contributed by atoms with Gasteiger partial charge in [0.25, 0.3) is 0 Å². The second-order valence-electron chi connectivity index (χ2n) is 4.94. The molecular weight excluding hydrogens is 256 g/mol. The molecule has 0 aliphatic rings. The second-order valence-corrected chi connectivity index (χ2v) is 6.90. The molecule has 0 bridgehead atoms. The van der Waals surface area contributed by atoms with E-state index >= 15 is 0 Å². The molecule has 0 amide bonds. The van der Waals surface area contributed by atoms with E-state index in [1.54, 1.807) is 12.1 Å². The maximum atomic E-state index is 12.5. The molecule has 2 rings (SSSR count). The van der Waals surface area contributed by atoms with Gasteiger partial charge in [0.15, 0.2) is 9.84 Å². The van der Waals surface area contributed by atoms with Gasteiger partial charge in [-0.05, 0) is 23.1 Å². The fraction of sp³-hybridized carbons (Fsp3) is 0.250. The predicted octanol–water partition coefficient (Wildman–Crippen LogP) is 3.78. The molecule has 0 heterocycles. The van der Waals surface area contributed by atoms with E-state index in [0.29, 0.717) is 4.90 Å². The SMILES string of the molecule is CC(C)c1ccccc1S(=O)(=O)Cc1ccccc1. The highest BCUT2D eigenvalue weighted by molar-refractivity contribution is 7.90. The number of hydrogen-bond acceptors (Lipinski definition) is 2. The molecule has 3 heteroatoms. The van der Waals surface area contributed by atoms with Crippen molar-refractivity contribution in [2.45, 2.75) is 30.4 Å². The minimum atomic E-state index is -3.29. The lowest BCUT2D eigenvalue weighted by molar-refractivity contribution is 0.593. The molecule has 2 nitrogen and oxygen atoms in total. The van der Waals surface area contributed by atoms with Crippen molar-refractivity contribution in [1.29, 1.82) is 0 Å². The fourth-order valence-corrected chi connectivity index (χ4v) is 3.85. The number of benzene rings is 2. The zero-order valence-electron chi connectivity index (χ0n) is 11.2. The summed E-state index contributed by atoms with van der Waals surface area (Å²) in [5, 5.41) is 0. The van der Waals surface area contributed by atoms with E-state index in [0.717, 1.165) is 11.1 Å². The molecule has 2 aromatic rings. The third-order valence-electron chi connectivity index (χ3n) is 3.08. The molecule has 2 aromatic carbocycles. The maximum Gasteiger partial charge on any atom is 0.182 e. The van der Waals surface area contributed by atoms with Crippen LogP contribution in [0, 0.1) is 0 Å². The van der Waals surface area contributed by atoms with Crippen LogP contribution in [0.25, 0.3) is 0 Å². The van der Waals surface area contributed by atoms with E-state index in [9.17, 15) is 8.42 Å². The Morgan fingerprint density at radius 1 is 0.895 bits per heavy atom. The van der Waals surface area contributed by atoms with Crippen LogP contribution in [0.2, 0.25) is 0 Å². The number of sulfone groups is 1. The molecule has 0 aromatic heterocycles. The van der Waals surface area contributed by atoms with Crippen LogP contribution in [-0.2, 0) is 15.6 Å². The first-order valence-electron chi connectivity index (χ1n) is 6.36. The van der Waals surface area contributed by atoms with Gasteiger partial charge in [0.2, 0.25) is 0 Å². The lowest BCUT2D eigenvalue weighted by Gasteiger charge is -2.13. The Balaban J connectivity index is 2.41. The second kappa shape index (κ2) is 5.57. The van der Waals surface area contributed by atoms with Crippen molar-refractivity contribution in [2.75, 3.05) is 0 Å². The summed E-state index contributed by atoms with van der Waals surface area (Å²) in [4.78, 5) is 0.453. The van der Waals surface area contributed by atoms with Crippen molar-refractivity contribution in [3.8, 4) is 0 Å². The lowest BCUT2D eigenvalue weighted by Crippen LogP contribution is -2.08. The molecule has 0 unspecified atom stereocenters. The van der Waals surface area contributed by atoms with E-state index in [4.69, 9.17) is 0 Å². The maximum absolute atomic E-state index is 12.5. The molecule has 0 atom stereocenters. The first kappa shape index (κ1) is 13.8.